The van der Waals surface area contributed by atoms with Crippen molar-refractivity contribution in [3.8, 4) is 5.75 Å². The first-order valence-electron chi connectivity index (χ1n) is 8.56. The summed E-state index contributed by atoms with van der Waals surface area (Å²) in [4.78, 5) is 2.69. The summed E-state index contributed by atoms with van der Waals surface area (Å²) in [5, 5.41) is 0. The topological polar surface area (TPSA) is 59.5 Å². The molecule has 0 unspecified atom stereocenters. The maximum absolute atomic E-state index is 14.3. The highest BCUT2D eigenvalue weighted by Crippen LogP contribution is 2.29. The molecule has 3 aromatic rings. The molecule has 0 saturated heterocycles. The number of benzene rings is 2. The van der Waals surface area contributed by atoms with E-state index in [0.717, 1.165) is 18.3 Å². The van der Waals surface area contributed by atoms with Crippen LogP contribution in [0.5, 0.6) is 5.75 Å². The van der Waals surface area contributed by atoms with Gasteiger partial charge in [-0.25, -0.2) is 35.3 Å². The SMILES string of the molecule is COc1ccc(CN(c2ccc(F)cn2)S(=O)(=O)c2cc(F)c(F)cc2F)c(C)c1. The summed E-state index contributed by atoms with van der Waals surface area (Å²) in [6.07, 6.45) is 0.792. The van der Waals surface area contributed by atoms with Crippen molar-refractivity contribution in [1.29, 1.82) is 0 Å². The van der Waals surface area contributed by atoms with E-state index in [9.17, 15) is 26.0 Å². The standard InChI is InChI=1S/C20H16F4N2O3S/c1-12-7-15(29-2)5-3-13(12)11-26(20-6-4-14(21)10-25-20)30(27,28)19-9-17(23)16(22)8-18(19)24/h3-10H,11H2,1-2H3. The second kappa shape index (κ2) is 8.31. The largest absolute Gasteiger partial charge is 0.497 e. The Morgan fingerprint density at radius 1 is 0.967 bits per heavy atom. The van der Waals surface area contributed by atoms with Crippen LogP contribution in [0, 0.1) is 30.2 Å². The first-order chi connectivity index (χ1) is 14.1. The van der Waals surface area contributed by atoms with Crippen LogP contribution in [0.15, 0.2) is 53.6 Å². The molecule has 10 heteroatoms. The van der Waals surface area contributed by atoms with Crippen molar-refractivity contribution in [2.24, 2.45) is 0 Å². The number of aromatic nitrogens is 1. The fourth-order valence-corrected chi connectivity index (χ4v) is 4.21. The molecule has 1 heterocycles. The molecular weight excluding hydrogens is 424 g/mol. The molecule has 2 aromatic carbocycles. The van der Waals surface area contributed by atoms with Crippen molar-refractivity contribution in [1.82, 2.24) is 4.98 Å². The molecule has 0 saturated carbocycles. The normalized spacial score (nSPS) is 11.4. The van der Waals surface area contributed by atoms with Gasteiger partial charge in [0.15, 0.2) is 11.6 Å². The maximum Gasteiger partial charge on any atom is 0.268 e. The van der Waals surface area contributed by atoms with E-state index in [1.54, 1.807) is 25.1 Å². The maximum atomic E-state index is 14.3. The Hall–Kier alpha value is -3.14. The van der Waals surface area contributed by atoms with Gasteiger partial charge in [0.25, 0.3) is 10.0 Å². The molecule has 0 aliphatic carbocycles. The molecule has 0 N–H and O–H groups in total. The molecule has 0 amide bonds. The van der Waals surface area contributed by atoms with Crippen LogP contribution in [0.1, 0.15) is 11.1 Å². The zero-order chi connectivity index (χ0) is 22.1. The Morgan fingerprint density at radius 3 is 2.27 bits per heavy atom. The molecule has 30 heavy (non-hydrogen) atoms. The van der Waals surface area contributed by atoms with Gasteiger partial charge in [0.1, 0.15) is 28.1 Å². The van der Waals surface area contributed by atoms with Gasteiger partial charge in [-0.05, 0) is 42.3 Å². The van der Waals surface area contributed by atoms with Gasteiger partial charge in [0.05, 0.1) is 19.9 Å². The smallest absolute Gasteiger partial charge is 0.268 e. The van der Waals surface area contributed by atoms with Crippen molar-refractivity contribution in [3.63, 3.8) is 0 Å². The number of aryl methyl sites for hydroxylation is 1. The molecule has 0 radical (unpaired) electrons. The van der Waals surface area contributed by atoms with Crippen LogP contribution in [0.4, 0.5) is 23.4 Å². The number of nitrogens with zero attached hydrogens (tertiary/aromatic N) is 2. The van der Waals surface area contributed by atoms with E-state index in [2.05, 4.69) is 4.98 Å². The molecule has 0 aliphatic rings. The Labute approximate surface area is 170 Å². The zero-order valence-electron chi connectivity index (χ0n) is 15.9. The Morgan fingerprint density at radius 2 is 1.67 bits per heavy atom. The van der Waals surface area contributed by atoms with Gasteiger partial charge in [-0.3, -0.25) is 0 Å². The second-order valence-corrected chi connectivity index (χ2v) is 8.17. The molecule has 158 valence electrons. The lowest BCUT2D eigenvalue weighted by molar-refractivity contribution is 0.414. The lowest BCUT2D eigenvalue weighted by Gasteiger charge is -2.24. The van der Waals surface area contributed by atoms with Crippen LogP contribution >= 0.6 is 0 Å². The number of pyridine rings is 1. The van der Waals surface area contributed by atoms with Crippen molar-refractivity contribution >= 4 is 15.8 Å². The summed E-state index contributed by atoms with van der Waals surface area (Å²) in [7, 11) is -3.26. The fourth-order valence-electron chi connectivity index (χ4n) is 2.75. The van der Waals surface area contributed by atoms with Crippen molar-refractivity contribution in [2.75, 3.05) is 11.4 Å². The third-order valence-corrected chi connectivity index (χ3v) is 6.14. The molecule has 3 rings (SSSR count). The average molecular weight is 440 g/mol. The minimum Gasteiger partial charge on any atom is -0.497 e. The molecule has 0 bridgehead atoms. The summed E-state index contributed by atoms with van der Waals surface area (Å²) in [6, 6.07) is 7.34. The third kappa shape index (κ3) is 4.23. The highest BCUT2D eigenvalue weighted by Gasteiger charge is 2.31. The van der Waals surface area contributed by atoms with E-state index in [0.29, 0.717) is 21.2 Å². The zero-order valence-corrected chi connectivity index (χ0v) is 16.7. The number of anilines is 1. The van der Waals surface area contributed by atoms with E-state index in [-0.39, 0.29) is 24.5 Å². The van der Waals surface area contributed by atoms with E-state index < -0.39 is 38.2 Å². The van der Waals surface area contributed by atoms with Gasteiger partial charge in [0.2, 0.25) is 0 Å². The van der Waals surface area contributed by atoms with Crippen LogP contribution in [-0.2, 0) is 16.6 Å². The Balaban J connectivity index is 2.14. The lowest BCUT2D eigenvalue weighted by atomic mass is 10.1. The lowest BCUT2D eigenvalue weighted by Crippen LogP contribution is -2.32. The van der Waals surface area contributed by atoms with E-state index >= 15 is 0 Å². The predicted octanol–water partition coefficient (Wildman–Crippen LogP) is 4.35. The Bertz CT molecular complexity index is 1190. The summed E-state index contributed by atoms with van der Waals surface area (Å²) < 4.78 is 86.7. The molecule has 0 atom stereocenters. The molecule has 0 spiro atoms. The second-order valence-electron chi connectivity index (χ2n) is 6.34. The summed E-state index contributed by atoms with van der Waals surface area (Å²) in [6.45, 7) is 1.38. The van der Waals surface area contributed by atoms with Crippen LogP contribution in [0.25, 0.3) is 0 Å². The third-order valence-electron chi connectivity index (χ3n) is 4.37. The number of ether oxygens (including phenoxy) is 1. The highest BCUT2D eigenvalue weighted by atomic mass is 32.2. The van der Waals surface area contributed by atoms with Crippen LogP contribution in [-0.4, -0.2) is 20.5 Å². The quantitative estimate of drug-likeness (QED) is 0.422. The Kier molecular flexibility index (Phi) is 5.97. The van der Waals surface area contributed by atoms with Gasteiger partial charge in [-0.15, -0.1) is 0 Å². The van der Waals surface area contributed by atoms with E-state index in [1.807, 2.05) is 0 Å². The molecular formula is C20H16F4N2O3S. The van der Waals surface area contributed by atoms with Crippen molar-refractivity contribution in [2.45, 2.75) is 18.4 Å². The number of hydrogen-bond donors (Lipinski definition) is 0. The number of halogens is 4. The first-order valence-corrected chi connectivity index (χ1v) is 10.00. The minimum atomic E-state index is -4.73. The van der Waals surface area contributed by atoms with Crippen molar-refractivity contribution < 1.29 is 30.7 Å². The first kappa shape index (κ1) is 21.6. The van der Waals surface area contributed by atoms with Crippen LogP contribution in [0.2, 0.25) is 0 Å². The average Bonchev–Trinajstić information content (AvgIpc) is 2.70. The molecule has 0 aliphatic heterocycles. The summed E-state index contributed by atoms with van der Waals surface area (Å²) in [5.74, 6) is -4.91. The number of rotatable bonds is 6. The van der Waals surface area contributed by atoms with Gasteiger partial charge in [-0.2, -0.15) is 0 Å². The monoisotopic (exact) mass is 440 g/mol. The van der Waals surface area contributed by atoms with Gasteiger partial charge in [-0.1, -0.05) is 6.07 Å². The number of sulfonamides is 1. The molecule has 0 fully saturated rings. The van der Waals surface area contributed by atoms with Gasteiger partial charge in [0, 0.05) is 12.1 Å². The number of methoxy groups -OCH3 is 1. The van der Waals surface area contributed by atoms with E-state index in [1.165, 1.54) is 7.11 Å². The predicted molar refractivity (Wildman–Crippen MR) is 102 cm³/mol. The van der Waals surface area contributed by atoms with Gasteiger partial charge < -0.3 is 4.74 Å². The van der Waals surface area contributed by atoms with Crippen LogP contribution < -0.4 is 9.04 Å². The molecule has 5 nitrogen and oxygen atoms in total. The highest BCUT2D eigenvalue weighted by molar-refractivity contribution is 7.92. The molecule has 1 aromatic heterocycles. The summed E-state index contributed by atoms with van der Waals surface area (Å²) >= 11 is 0. The van der Waals surface area contributed by atoms with Crippen LogP contribution in [0.3, 0.4) is 0 Å². The number of hydrogen-bond acceptors (Lipinski definition) is 4. The van der Waals surface area contributed by atoms with Crippen molar-refractivity contribution in [3.05, 3.63) is 83.1 Å². The van der Waals surface area contributed by atoms with E-state index in [4.69, 9.17) is 4.74 Å². The summed E-state index contributed by atoms with van der Waals surface area (Å²) in [5.41, 5.74) is 1.16. The van der Waals surface area contributed by atoms with Gasteiger partial charge >= 0.3 is 0 Å². The fraction of sp³-hybridized carbons (Fsp3) is 0.150. The minimum absolute atomic E-state index is 0.150.